The van der Waals surface area contributed by atoms with Crippen LogP contribution in [0.2, 0.25) is 5.02 Å². The minimum absolute atomic E-state index is 0.168. The van der Waals surface area contributed by atoms with Gasteiger partial charge in [0.05, 0.1) is 11.6 Å². The summed E-state index contributed by atoms with van der Waals surface area (Å²) in [5, 5.41) is 2.41. The molecule has 9 heteroatoms. The van der Waals surface area contributed by atoms with Crippen LogP contribution in [0.15, 0.2) is 36.4 Å². The van der Waals surface area contributed by atoms with E-state index in [4.69, 9.17) is 21.1 Å². The van der Waals surface area contributed by atoms with Crippen molar-refractivity contribution < 1.29 is 28.2 Å². The fourth-order valence-electron chi connectivity index (χ4n) is 4.50. The number of imide groups is 1. The number of fused-ring (bicyclic) bond motifs is 1. The van der Waals surface area contributed by atoms with Crippen molar-refractivity contribution in [1.82, 2.24) is 10.2 Å². The molecule has 2 fully saturated rings. The summed E-state index contributed by atoms with van der Waals surface area (Å²) < 4.78 is 25.2. The maximum atomic E-state index is 13.6. The first-order valence-electron chi connectivity index (χ1n) is 11.3. The zero-order valence-electron chi connectivity index (χ0n) is 18.6. The van der Waals surface area contributed by atoms with Crippen molar-refractivity contribution in [3.8, 4) is 5.75 Å². The van der Waals surface area contributed by atoms with Crippen molar-refractivity contribution in [2.24, 2.45) is 5.92 Å². The Morgan fingerprint density at radius 3 is 2.76 bits per heavy atom. The molecule has 1 heterocycles. The van der Waals surface area contributed by atoms with Crippen LogP contribution in [-0.4, -0.2) is 36.0 Å². The minimum atomic E-state index is -1.47. The van der Waals surface area contributed by atoms with Crippen LogP contribution in [0.3, 0.4) is 0 Å². The number of carbonyl (C=O) groups excluding carboxylic acids is 3. The Morgan fingerprint density at radius 2 is 2.03 bits per heavy atom. The third-order valence-corrected chi connectivity index (χ3v) is 6.97. The van der Waals surface area contributed by atoms with Crippen LogP contribution in [0, 0.1) is 11.7 Å². The Kier molecular flexibility index (Phi) is 5.72. The van der Waals surface area contributed by atoms with Crippen molar-refractivity contribution in [2.45, 2.75) is 44.2 Å². The molecule has 3 amide bonds. The van der Waals surface area contributed by atoms with Gasteiger partial charge in [0.2, 0.25) is 0 Å². The second kappa shape index (κ2) is 8.58. The molecule has 5 rings (SSSR count). The molecule has 3 aliphatic rings. The third kappa shape index (κ3) is 4.11. The first kappa shape index (κ1) is 22.7. The maximum Gasteiger partial charge on any atom is 0.326 e. The van der Waals surface area contributed by atoms with Crippen molar-refractivity contribution >= 4 is 29.5 Å². The van der Waals surface area contributed by atoms with Gasteiger partial charge in [-0.15, -0.1) is 0 Å². The van der Waals surface area contributed by atoms with Gasteiger partial charge in [-0.25, -0.2) is 9.18 Å². The van der Waals surface area contributed by atoms with Crippen LogP contribution in [0.4, 0.5) is 9.18 Å². The number of amides is 3. The Morgan fingerprint density at radius 1 is 1.24 bits per heavy atom. The van der Waals surface area contributed by atoms with Gasteiger partial charge < -0.3 is 14.8 Å². The average molecular weight is 487 g/mol. The van der Waals surface area contributed by atoms with E-state index in [2.05, 4.69) is 5.32 Å². The molecule has 0 bridgehead atoms. The lowest BCUT2D eigenvalue weighted by molar-refractivity contribution is -0.152. The number of hydrogen-bond acceptors (Lipinski definition) is 5. The van der Waals surface area contributed by atoms with Crippen LogP contribution in [0.25, 0.3) is 0 Å². The van der Waals surface area contributed by atoms with Gasteiger partial charge in [0.25, 0.3) is 5.91 Å². The van der Waals surface area contributed by atoms with Gasteiger partial charge in [-0.1, -0.05) is 29.8 Å². The van der Waals surface area contributed by atoms with Gasteiger partial charge in [-0.05, 0) is 67.9 Å². The lowest BCUT2D eigenvalue weighted by Crippen LogP contribution is -2.41. The second-order valence-electron chi connectivity index (χ2n) is 9.17. The van der Waals surface area contributed by atoms with Gasteiger partial charge >= 0.3 is 12.0 Å². The molecule has 0 spiro atoms. The fourth-order valence-corrected chi connectivity index (χ4v) is 4.68. The predicted molar refractivity (Wildman–Crippen MR) is 121 cm³/mol. The molecule has 1 saturated carbocycles. The molecule has 2 unspecified atom stereocenters. The van der Waals surface area contributed by atoms with E-state index in [0.29, 0.717) is 24.5 Å². The Labute approximate surface area is 201 Å². The SMILES string of the molecule is CC1(c2ccc(F)c(Cl)c2)NC(=O)N(CC(=O)OC2CCc3c(OCC4CC4)cccc32)C1=O. The Bertz CT molecular complexity index is 1180. The lowest BCUT2D eigenvalue weighted by Gasteiger charge is -2.22. The molecule has 1 saturated heterocycles. The summed E-state index contributed by atoms with van der Waals surface area (Å²) in [6.45, 7) is 1.66. The van der Waals surface area contributed by atoms with Crippen LogP contribution in [0.5, 0.6) is 5.75 Å². The Hall–Kier alpha value is -3.13. The summed E-state index contributed by atoms with van der Waals surface area (Å²) in [5.41, 5.74) is 0.778. The van der Waals surface area contributed by atoms with Crippen molar-refractivity contribution in [3.63, 3.8) is 0 Å². The summed E-state index contributed by atoms with van der Waals surface area (Å²) in [5.74, 6) is -0.506. The van der Waals surface area contributed by atoms with Crippen LogP contribution in [0.1, 0.15) is 49.0 Å². The number of urea groups is 1. The van der Waals surface area contributed by atoms with E-state index in [1.807, 2.05) is 18.2 Å². The van der Waals surface area contributed by atoms with E-state index < -0.39 is 41.9 Å². The summed E-state index contributed by atoms with van der Waals surface area (Å²) in [6, 6.07) is 8.78. The van der Waals surface area contributed by atoms with E-state index >= 15 is 0 Å². The van der Waals surface area contributed by atoms with Gasteiger partial charge in [0.1, 0.15) is 29.8 Å². The number of rotatable bonds is 7. The highest BCUT2D eigenvalue weighted by molar-refractivity contribution is 6.30. The third-order valence-electron chi connectivity index (χ3n) is 6.68. The summed E-state index contributed by atoms with van der Waals surface area (Å²) in [4.78, 5) is 39.1. The van der Waals surface area contributed by atoms with Crippen LogP contribution in [-0.2, 0) is 26.3 Å². The molecule has 0 aromatic heterocycles. The first-order chi connectivity index (χ1) is 16.3. The smallest absolute Gasteiger partial charge is 0.326 e. The lowest BCUT2D eigenvalue weighted by atomic mass is 9.92. The molecule has 1 aliphatic heterocycles. The number of esters is 1. The number of ether oxygens (including phenoxy) is 2. The topological polar surface area (TPSA) is 84.9 Å². The zero-order chi connectivity index (χ0) is 24.0. The monoisotopic (exact) mass is 486 g/mol. The van der Waals surface area contributed by atoms with Crippen LogP contribution < -0.4 is 10.1 Å². The first-order valence-corrected chi connectivity index (χ1v) is 11.7. The molecular formula is C25H24ClFN2O5. The molecule has 178 valence electrons. The minimum Gasteiger partial charge on any atom is -0.493 e. The summed E-state index contributed by atoms with van der Waals surface area (Å²) >= 11 is 5.85. The Balaban J connectivity index is 1.26. The largest absolute Gasteiger partial charge is 0.493 e. The maximum absolute atomic E-state index is 13.6. The second-order valence-corrected chi connectivity index (χ2v) is 9.58. The van der Waals surface area contributed by atoms with Crippen molar-refractivity contribution in [2.75, 3.05) is 13.2 Å². The molecule has 1 N–H and O–H groups in total. The number of nitrogens with zero attached hydrogens (tertiary/aromatic N) is 1. The highest BCUT2D eigenvalue weighted by atomic mass is 35.5. The molecule has 0 radical (unpaired) electrons. The normalized spacial score (nSPS) is 23.6. The fraction of sp³-hybridized carbons (Fsp3) is 0.400. The van der Waals surface area contributed by atoms with E-state index in [0.717, 1.165) is 34.3 Å². The molecule has 34 heavy (non-hydrogen) atoms. The van der Waals surface area contributed by atoms with E-state index in [1.54, 1.807) is 0 Å². The molecule has 7 nitrogen and oxygen atoms in total. The number of benzene rings is 2. The zero-order valence-corrected chi connectivity index (χ0v) is 19.4. The highest BCUT2D eigenvalue weighted by Gasteiger charge is 2.50. The summed E-state index contributed by atoms with van der Waals surface area (Å²) in [7, 11) is 0. The van der Waals surface area contributed by atoms with E-state index in [1.165, 1.54) is 31.9 Å². The average Bonchev–Trinajstić information content (AvgIpc) is 3.51. The highest BCUT2D eigenvalue weighted by Crippen LogP contribution is 2.40. The van der Waals surface area contributed by atoms with Gasteiger partial charge in [-0.2, -0.15) is 0 Å². The molecular weight excluding hydrogens is 463 g/mol. The van der Waals surface area contributed by atoms with Gasteiger partial charge in [0.15, 0.2) is 0 Å². The molecule has 2 aromatic rings. The number of halogens is 2. The van der Waals surface area contributed by atoms with E-state index in [9.17, 15) is 18.8 Å². The standard InChI is InChI=1S/C25H24ClFN2O5/c1-25(15-7-9-19(27)18(26)11-15)23(31)29(24(32)28-25)12-22(30)34-21-10-8-17-16(21)3-2-4-20(17)33-13-14-5-6-14/h2-4,7,9,11,14,21H,5-6,8,10,12-13H2,1H3,(H,28,32). The van der Waals surface area contributed by atoms with Crippen molar-refractivity contribution in [1.29, 1.82) is 0 Å². The van der Waals surface area contributed by atoms with Gasteiger partial charge in [-0.3, -0.25) is 14.5 Å². The molecule has 2 atom stereocenters. The van der Waals surface area contributed by atoms with Gasteiger partial charge in [0, 0.05) is 5.56 Å². The number of carbonyl (C=O) groups is 3. The molecule has 2 aromatic carbocycles. The summed E-state index contributed by atoms with van der Waals surface area (Å²) in [6.07, 6.45) is 3.27. The van der Waals surface area contributed by atoms with Crippen molar-refractivity contribution in [3.05, 3.63) is 63.9 Å². The van der Waals surface area contributed by atoms with Crippen LogP contribution >= 0.6 is 11.6 Å². The quantitative estimate of drug-likeness (QED) is 0.467. The molecule has 2 aliphatic carbocycles. The van der Waals surface area contributed by atoms with E-state index in [-0.39, 0.29) is 5.02 Å². The number of nitrogens with one attached hydrogen (secondary N) is 1. The predicted octanol–water partition coefficient (Wildman–Crippen LogP) is 4.27. The number of hydrogen-bond donors (Lipinski definition) is 1.